The van der Waals surface area contributed by atoms with Gasteiger partial charge in [0.15, 0.2) is 0 Å². The molecule has 3 rings (SSSR count). The van der Waals surface area contributed by atoms with Crippen molar-refractivity contribution >= 4 is 0 Å². The molecule has 3 unspecified atom stereocenters. The lowest BCUT2D eigenvalue weighted by atomic mass is 9.75. The minimum atomic E-state index is -0.190. The van der Waals surface area contributed by atoms with E-state index in [4.69, 9.17) is 14.2 Å². The first kappa shape index (κ1) is 12.9. The van der Waals surface area contributed by atoms with Crippen LogP contribution in [-0.2, 0) is 14.2 Å². The highest BCUT2D eigenvalue weighted by Gasteiger charge is 2.57. The third-order valence-electron chi connectivity index (χ3n) is 4.96. The quantitative estimate of drug-likeness (QED) is 0.808. The maximum absolute atomic E-state index is 6.24. The summed E-state index contributed by atoms with van der Waals surface area (Å²) in [5, 5.41) is 3.67. The Hall–Kier alpha value is -0.160. The van der Waals surface area contributed by atoms with E-state index in [2.05, 4.69) is 19.2 Å². The highest BCUT2D eigenvalue weighted by Crippen LogP contribution is 2.44. The molecule has 3 saturated heterocycles. The molecule has 1 spiro atoms. The predicted octanol–water partition coefficient (Wildman–Crippen LogP) is 1.34. The first-order valence-corrected chi connectivity index (χ1v) is 7.23. The molecule has 3 atom stereocenters. The maximum Gasteiger partial charge on any atom is 0.114 e. The van der Waals surface area contributed by atoms with Crippen LogP contribution in [0.15, 0.2) is 0 Å². The van der Waals surface area contributed by atoms with Gasteiger partial charge in [-0.1, -0.05) is 0 Å². The molecule has 18 heavy (non-hydrogen) atoms. The Morgan fingerprint density at radius 1 is 1.17 bits per heavy atom. The molecule has 0 aromatic rings. The summed E-state index contributed by atoms with van der Waals surface area (Å²) in [6, 6.07) is 0.399. The van der Waals surface area contributed by atoms with E-state index in [-0.39, 0.29) is 11.2 Å². The third kappa shape index (κ3) is 1.99. The average molecular weight is 255 g/mol. The summed E-state index contributed by atoms with van der Waals surface area (Å²) in [4.78, 5) is 0. The van der Waals surface area contributed by atoms with E-state index in [1.807, 2.05) is 0 Å². The zero-order chi connectivity index (χ0) is 12.6. The summed E-state index contributed by atoms with van der Waals surface area (Å²) in [5.74, 6) is 0.678. The van der Waals surface area contributed by atoms with Crippen molar-refractivity contribution in [3.05, 3.63) is 0 Å². The van der Waals surface area contributed by atoms with Crippen molar-refractivity contribution in [2.24, 2.45) is 5.92 Å². The lowest BCUT2D eigenvalue weighted by Crippen LogP contribution is -2.65. The molecule has 3 aliphatic heterocycles. The lowest BCUT2D eigenvalue weighted by molar-refractivity contribution is -0.173. The Morgan fingerprint density at radius 3 is 2.72 bits per heavy atom. The fraction of sp³-hybridized carbons (Fsp3) is 1.00. The van der Waals surface area contributed by atoms with Gasteiger partial charge < -0.3 is 19.5 Å². The largest absolute Gasteiger partial charge is 0.381 e. The maximum atomic E-state index is 6.24. The molecule has 1 N–H and O–H groups in total. The summed E-state index contributed by atoms with van der Waals surface area (Å²) in [6.45, 7) is 8.74. The van der Waals surface area contributed by atoms with Crippen molar-refractivity contribution in [3.63, 3.8) is 0 Å². The van der Waals surface area contributed by atoms with Gasteiger partial charge in [-0.25, -0.2) is 0 Å². The molecule has 0 bridgehead atoms. The standard InChI is InChI=1S/C14H25NO3/c1-13(2)14(4-7-17-13)12(15-5-8-18-14)9-11-3-6-16-10-11/h11-12,15H,3-10H2,1-2H3. The molecular formula is C14H25NO3. The molecule has 4 heteroatoms. The topological polar surface area (TPSA) is 39.7 Å². The van der Waals surface area contributed by atoms with Crippen LogP contribution in [0.5, 0.6) is 0 Å². The van der Waals surface area contributed by atoms with Gasteiger partial charge in [0.05, 0.1) is 18.8 Å². The van der Waals surface area contributed by atoms with Crippen LogP contribution in [0.4, 0.5) is 0 Å². The second-order valence-electron chi connectivity index (χ2n) is 6.32. The zero-order valence-electron chi connectivity index (χ0n) is 11.5. The number of hydrogen-bond donors (Lipinski definition) is 1. The van der Waals surface area contributed by atoms with E-state index in [1.165, 1.54) is 6.42 Å². The molecule has 104 valence electrons. The highest BCUT2D eigenvalue weighted by atomic mass is 16.6. The number of rotatable bonds is 2. The smallest absolute Gasteiger partial charge is 0.114 e. The number of nitrogens with one attached hydrogen (secondary N) is 1. The summed E-state index contributed by atoms with van der Waals surface area (Å²) < 4.78 is 17.7. The van der Waals surface area contributed by atoms with Crippen LogP contribution in [0, 0.1) is 5.92 Å². The normalized spacial score (nSPS) is 43.7. The molecular weight excluding hydrogens is 230 g/mol. The van der Waals surface area contributed by atoms with E-state index in [9.17, 15) is 0 Å². The van der Waals surface area contributed by atoms with Gasteiger partial charge in [0.1, 0.15) is 5.60 Å². The molecule has 0 aliphatic carbocycles. The van der Waals surface area contributed by atoms with Crippen LogP contribution in [0.3, 0.4) is 0 Å². The van der Waals surface area contributed by atoms with Crippen LogP contribution >= 0.6 is 0 Å². The van der Waals surface area contributed by atoms with Crippen LogP contribution in [0.1, 0.15) is 33.1 Å². The molecule has 0 aromatic carbocycles. The Labute approximate surface area is 109 Å². The Balaban J connectivity index is 1.77. The predicted molar refractivity (Wildman–Crippen MR) is 68.7 cm³/mol. The van der Waals surface area contributed by atoms with E-state index in [0.717, 1.165) is 45.8 Å². The molecule has 0 amide bonds. The summed E-state index contributed by atoms with van der Waals surface area (Å²) in [6.07, 6.45) is 3.34. The van der Waals surface area contributed by atoms with Crippen molar-refractivity contribution in [1.82, 2.24) is 5.32 Å². The molecule has 0 saturated carbocycles. The van der Waals surface area contributed by atoms with Crippen LogP contribution in [-0.4, -0.2) is 50.2 Å². The third-order valence-corrected chi connectivity index (χ3v) is 4.96. The second-order valence-corrected chi connectivity index (χ2v) is 6.32. The fourth-order valence-corrected chi connectivity index (χ4v) is 3.83. The van der Waals surface area contributed by atoms with Crippen molar-refractivity contribution in [2.75, 3.05) is 33.0 Å². The van der Waals surface area contributed by atoms with Gasteiger partial charge in [0.25, 0.3) is 0 Å². The van der Waals surface area contributed by atoms with E-state index in [0.29, 0.717) is 12.0 Å². The average Bonchev–Trinajstić information content (AvgIpc) is 2.92. The molecule has 0 radical (unpaired) electrons. The minimum Gasteiger partial charge on any atom is -0.381 e. The second kappa shape index (κ2) is 4.75. The molecule has 3 fully saturated rings. The Bertz CT molecular complexity index is 301. The monoisotopic (exact) mass is 255 g/mol. The fourth-order valence-electron chi connectivity index (χ4n) is 3.83. The lowest BCUT2D eigenvalue weighted by Gasteiger charge is -2.49. The van der Waals surface area contributed by atoms with Gasteiger partial charge in [-0.2, -0.15) is 0 Å². The van der Waals surface area contributed by atoms with Crippen LogP contribution < -0.4 is 5.32 Å². The van der Waals surface area contributed by atoms with Gasteiger partial charge in [-0.3, -0.25) is 0 Å². The summed E-state index contributed by atoms with van der Waals surface area (Å²) in [5.41, 5.74) is -0.335. The number of morpholine rings is 1. The minimum absolute atomic E-state index is 0.145. The molecule has 3 aliphatic rings. The van der Waals surface area contributed by atoms with Crippen LogP contribution in [0.25, 0.3) is 0 Å². The van der Waals surface area contributed by atoms with E-state index in [1.54, 1.807) is 0 Å². The number of hydrogen-bond acceptors (Lipinski definition) is 4. The zero-order valence-corrected chi connectivity index (χ0v) is 11.5. The van der Waals surface area contributed by atoms with Gasteiger partial charge in [-0.05, 0) is 32.6 Å². The van der Waals surface area contributed by atoms with E-state index >= 15 is 0 Å². The van der Waals surface area contributed by atoms with Crippen molar-refractivity contribution in [1.29, 1.82) is 0 Å². The van der Waals surface area contributed by atoms with Crippen LogP contribution in [0.2, 0.25) is 0 Å². The SMILES string of the molecule is CC1(C)OCCC12OCCNC2CC1CCOC1. The van der Waals surface area contributed by atoms with Gasteiger partial charge in [0.2, 0.25) is 0 Å². The Morgan fingerprint density at radius 2 is 2.06 bits per heavy atom. The molecule has 3 heterocycles. The first-order chi connectivity index (χ1) is 8.64. The van der Waals surface area contributed by atoms with Gasteiger partial charge in [-0.15, -0.1) is 0 Å². The van der Waals surface area contributed by atoms with Gasteiger partial charge >= 0.3 is 0 Å². The van der Waals surface area contributed by atoms with Gasteiger partial charge in [0, 0.05) is 32.2 Å². The van der Waals surface area contributed by atoms with Crippen molar-refractivity contribution in [3.8, 4) is 0 Å². The number of ether oxygens (including phenoxy) is 3. The van der Waals surface area contributed by atoms with E-state index < -0.39 is 0 Å². The first-order valence-electron chi connectivity index (χ1n) is 7.23. The molecule has 0 aromatic heterocycles. The summed E-state index contributed by atoms with van der Waals surface area (Å²) in [7, 11) is 0. The van der Waals surface area contributed by atoms with Crippen molar-refractivity contribution in [2.45, 2.75) is 50.4 Å². The molecule has 4 nitrogen and oxygen atoms in total. The summed E-state index contributed by atoms with van der Waals surface area (Å²) >= 11 is 0. The highest BCUT2D eigenvalue weighted by molar-refractivity contribution is 5.10. The van der Waals surface area contributed by atoms with Crippen molar-refractivity contribution < 1.29 is 14.2 Å². The Kier molecular flexibility index (Phi) is 3.39.